The molecule has 0 aliphatic rings. The van der Waals surface area contributed by atoms with Gasteiger partial charge in [0.05, 0.1) is 0 Å². The van der Waals surface area contributed by atoms with Crippen molar-refractivity contribution in [3.05, 3.63) is 56.1 Å². The molecule has 0 unspecified atom stereocenters. The third-order valence-corrected chi connectivity index (χ3v) is 4.99. The number of aryl methyl sites for hydroxylation is 2. The van der Waals surface area contributed by atoms with Gasteiger partial charge in [0.1, 0.15) is 0 Å². The predicted octanol–water partition coefficient (Wildman–Crippen LogP) is -0.408. The van der Waals surface area contributed by atoms with Gasteiger partial charge in [-0.1, -0.05) is 62.3 Å². The summed E-state index contributed by atoms with van der Waals surface area (Å²) >= 11 is 0. The first-order valence-electron chi connectivity index (χ1n) is 7.08. The van der Waals surface area contributed by atoms with Crippen LogP contribution in [0.5, 0.6) is 0 Å². The molecule has 0 saturated carbocycles. The molecular formula is C19H28Cl2Hf. The maximum absolute atomic E-state index is 2.24. The monoisotopic (exact) mass is 506 g/mol. The molecular weight excluding hydrogens is 478 g/mol. The molecule has 22 heavy (non-hydrogen) atoms. The van der Waals surface area contributed by atoms with Crippen LogP contribution in [-0.4, -0.2) is 0 Å². The summed E-state index contributed by atoms with van der Waals surface area (Å²) in [5.41, 5.74) is 13.1. The maximum Gasteiger partial charge on any atom is 4.00 e. The average Bonchev–Trinajstić information content (AvgIpc) is 2.69. The van der Waals surface area contributed by atoms with Gasteiger partial charge >= 0.3 is 25.8 Å². The van der Waals surface area contributed by atoms with E-state index >= 15 is 0 Å². The van der Waals surface area contributed by atoms with E-state index in [1.165, 1.54) is 50.1 Å². The number of hydrogen-bond donors (Lipinski definition) is 0. The summed E-state index contributed by atoms with van der Waals surface area (Å²) in [5, 5.41) is 0. The summed E-state index contributed by atoms with van der Waals surface area (Å²) in [6, 6.07) is 2.24. The average molecular weight is 506 g/mol. The van der Waals surface area contributed by atoms with Crippen molar-refractivity contribution in [1.82, 2.24) is 0 Å². The van der Waals surface area contributed by atoms with Crippen molar-refractivity contribution in [3.8, 4) is 0 Å². The zero-order chi connectivity index (χ0) is 14.9. The molecule has 0 heterocycles. The van der Waals surface area contributed by atoms with E-state index in [1.54, 1.807) is 0 Å². The molecule has 2 rings (SSSR count). The molecule has 0 amide bonds. The molecule has 0 fully saturated rings. The van der Waals surface area contributed by atoms with E-state index in [2.05, 4.69) is 68.4 Å². The van der Waals surface area contributed by atoms with Crippen LogP contribution < -0.4 is 24.8 Å². The Labute approximate surface area is 168 Å². The number of halogens is 2. The molecule has 0 aliphatic carbocycles. The normalized spacial score (nSPS) is 8.95. The van der Waals surface area contributed by atoms with Gasteiger partial charge in [0.2, 0.25) is 0 Å². The van der Waals surface area contributed by atoms with E-state index in [0.29, 0.717) is 0 Å². The van der Waals surface area contributed by atoms with Crippen LogP contribution in [0.4, 0.5) is 0 Å². The minimum atomic E-state index is 0. The topological polar surface area (TPSA) is 0 Å². The second-order valence-corrected chi connectivity index (χ2v) is 5.89. The Morgan fingerprint density at radius 3 is 0.955 bits per heavy atom. The van der Waals surface area contributed by atoms with Crippen molar-refractivity contribution < 1.29 is 50.7 Å². The van der Waals surface area contributed by atoms with Crippen LogP contribution in [0, 0.1) is 62.3 Å². The molecule has 2 aromatic rings. The van der Waals surface area contributed by atoms with Gasteiger partial charge in [-0.3, -0.25) is 0 Å². The van der Waals surface area contributed by atoms with Gasteiger partial charge in [0.25, 0.3) is 0 Å². The minimum absolute atomic E-state index is 0. The number of rotatable bonds is 0. The molecule has 0 radical (unpaired) electrons. The van der Waals surface area contributed by atoms with Crippen LogP contribution >= 0.6 is 0 Å². The Morgan fingerprint density at radius 2 is 0.864 bits per heavy atom. The molecule has 0 spiro atoms. The maximum atomic E-state index is 2.24. The van der Waals surface area contributed by atoms with E-state index < -0.39 is 0 Å². The second-order valence-electron chi connectivity index (χ2n) is 5.89. The largest absolute Gasteiger partial charge is 4.00 e. The first-order valence-corrected chi connectivity index (χ1v) is 7.08. The van der Waals surface area contributed by atoms with Gasteiger partial charge in [-0.05, 0) is 0 Å². The minimum Gasteiger partial charge on any atom is -1.00 e. The summed E-state index contributed by atoms with van der Waals surface area (Å²) in [6.45, 7) is 19.7. The standard InChI is InChI=1S/C10H15.C9H13.2ClH.Hf/c1-6-7(2)9(4)10(5)8(6)3;1-6-5-7(2)9(4)8(6)3;;;/h1-5H3;5H,1-4H3;2*1H;/q2*-1;;;+4/p-2. The Balaban J connectivity index is -0.000000290. The summed E-state index contributed by atoms with van der Waals surface area (Å²) in [7, 11) is 0. The fourth-order valence-corrected chi connectivity index (χ4v) is 2.54. The zero-order valence-electron chi connectivity index (χ0n) is 15.3. The fraction of sp³-hybridized carbons (Fsp3) is 0.474. The zero-order valence-corrected chi connectivity index (χ0v) is 20.4. The Bertz CT molecular complexity index is 487. The summed E-state index contributed by atoms with van der Waals surface area (Å²) in [5.74, 6) is 0. The van der Waals surface area contributed by atoms with Gasteiger partial charge < -0.3 is 24.8 Å². The van der Waals surface area contributed by atoms with Crippen LogP contribution in [0.25, 0.3) is 0 Å². The molecule has 0 aliphatic heterocycles. The SMILES string of the molecule is Cc1[cH-]c(C)c(C)c1C.Cc1c(C)c(C)[c-](C)c1C.[Cl-].[Cl-].[Hf+4]. The van der Waals surface area contributed by atoms with Gasteiger partial charge in [-0.15, -0.1) is 0 Å². The first kappa shape index (κ1) is 27.0. The van der Waals surface area contributed by atoms with E-state index in [0.717, 1.165) is 0 Å². The Morgan fingerprint density at radius 1 is 0.591 bits per heavy atom. The second kappa shape index (κ2) is 10.8. The Hall–Kier alpha value is 0.150. The van der Waals surface area contributed by atoms with Gasteiger partial charge in [-0.2, -0.15) is 56.1 Å². The first-order chi connectivity index (χ1) is 8.68. The van der Waals surface area contributed by atoms with Gasteiger partial charge in [-0.25, -0.2) is 0 Å². The smallest absolute Gasteiger partial charge is 1.00 e. The predicted molar refractivity (Wildman–Crippen MR) is 86.7 cm³/mol. The van der Waals surface area contributed by atoms with E-state index in [9.17, 15) is 0 Å². The summed E-state index contributed by atoms with van der Waals surface area (Å²) in [6.07, 6.45) is 0. The molecule has 0 bridgehead atoms. The van der Waals surface area contributed by atoms with Crippen LogP contribution in [0.2, 0.25) is 0 Å². The van der Waals surface area contributed by atoms with Gasteiger partial charge in [0.15, 0.2) is 0 Å². The fourth-order valence-electron chi connectivity index (χ4n) is 2.54. The molecule has 0 saturated heterocycles. The van der Waals surface area contributed by atoms with Crippen molar-refractivity contribution >= 4 is 0 Å². The Kier molecular flexibility index (Phi) is 13.3. The van der Waals surface area contributed by atoms with Crippen molar-refractivity contribution in [1.29, 1.82) is 0 Å². The molecule has 3 heteroatoms. The van der Waals surface area contributed by atoms with Crippen molar-refractivity contribution in [3.63, 3.8) is 0 Å². The van der Waals surface area contributed by atoms with E-state index in [-0.39, 0.29) is 50.7 Å². The molecule has 0 N–H and O–H groups in total. The molecule has 0 aromatic heterocycles. The van der Waals surface area contributed by atoms with E-state index in [1.807, 2.05) is 0 Å². The van der Waals surface area contributed by atoms with Crippen molar-refractivity contribution in [2.45, 2.75) is 62.3 Å². The van der Waals surface area contributed by atoms with Crippen LogP contribution in [0.1, 0.15) is 50.1 Å². The van der Waals surface area contributed by atoms with Crippen molar-refractivity contribution in [2.24, 2.45) is 0 Å². The quantitative estimate of drug-likeness (QED) is 0.338. The molecule has 0 nitrogen and oxygen atoms in total. The molecule has 122 valence electrons. The van der Waals surface area contributed by atoms with E-state index in [4.69, 9.17) is 0 Å². The third-order valence-electron chi connectivity index (χ3n) is 4.99. The third kappa shape index (κ3) is 5.65. The summed E-state index contributed by atoms with van der Waals surface area (Å²) < 4.78 is 0. The van der Waals surface area contributed by atoms with Crippen LogP contribution in [-0.2, 0) is 25.8 Å². The summed E-state index contributed by atoms with van der Waals surface area (Å²) in [4.78, 5) is 0. The van der Waals surface area contributed by atoms with Gasteiger partial charge in [0, 0.05) is 0 Å². The number of hydrogen-bond acceptors (Lipinski definition) is 0. The molecule has 0 atom stereocenters. The molecule has 2 aromatic carbocycles. The van der Waals surface area contributed by atoms with Crippen molar-refractivity contribution in [2.75, 3.05) is 0 Å². The van der Waals surface area contributed by atoms with Crippen LogP contribution in [0.3, 0.4) is 0 Å². The van der Waals surface area contributed by atoms with Crippen LogP contribution in [0.15, 0.2) is 6.07 Å².